The summed E-state index contributed by atoms with van der Waals surface area (Å²) < 4.78 is 13.8. The highest BCUT2D eigenvalue weighted by Crippen LogP contribution is 2.32. The van der Waals surface area contributed by atoms with E-state index in [1.54, 1.807) is 36.4 Å². The molecular formula is C20H15FN2O2. The topological polar surface area (TPSA) is 72.2 Å². The van der Waals surface area contributed by atoms with Gasteiger partial charge in [-0.05, 0) is 29.8 Å². The second kappa shape index (κ2) is 6.97. The standard InChI is InChI=1S/C20H15FN2O2/c21-16-11-5-4-9-14(16)20(25)23-17-12-6-10-15(19(22)24)18(17)13-7-2-1-3-8-13/h1-12H,(H2,22,24)(H,23,25). The maximum absolute atomic E-state index is 13.8. The Morgan fingerprint density at radius 1 is 0.800 bits per heavy atom. The molecule has 3 aromatic carbocycles. The Morgan fingerprint density at radius 3 is 2.12 bits per heavy atom. The number of carbonyl (C=O) groups is 2. The first kappa shape index (κ1) is 16.4. The van der Waals surface area contributed by atoms with Crippen LogP contribution in [0.3, 0.4) is 0 Å². The van der Waals surface area contributed by atoms with Crippen LogP contribution in [-0.2, 0) is 0 Å². The van der Waals surface area contributed by atoms with Crippen LogP contribution in [0.2, 0.25) is 0 Å². The summed E-state index contributed by atoms with van der Waals surface area (Å²) in [5.41, 5.74) is 7.28. The highest BCUT2D eigenvalue weighted by molar-refractivity contribution is 6.10. The summed E-state index contributed by atoms with van der Waals surface area (Å²) in [5.74, 6) is -1.83. The maximum atomic E-state index is 13.8. The van der Waals surface area contributed by atoms with E-state index < -0.39 is 17.6 Å². The van der Waals surface area contributed by atoms with E-state index in [-0.39, 0.29) is 11.1 Å². The molecule has 0 unspecified atom stereocenters. The molecule has 0 fully saturated rings. The Hall–Kier alpha value is -3.47. The van der Waals surface area contributed by atoms with Crippen molar-refractivity contribution in [2.24, 2.45) is 5.73 Å². The summed E-state index contributed by atoms with van der Waals surface area (Å²) in [6, 6.07) is 19.6. The Morgan fingerprint density at radius 2 is 1.44 bits per heavy atom. The average molecular weight is 334 g/mol. The normalized spacial score (nSPS) is 10.3. The predicted molar refractivity (Wildman–Crippen MR) is 94.7 cm³/mol. The van der Waals surface area contributed by atoms with Crippen molar-refractivity contribution in [3.05, 3.63) is 89.7 Å². The van der Waals surface area contributed by atoms with Crippen LogP contribution in [0, 0.1) is 5.82 Å². The summed E-state index contributed by atoms with van der Waals surface area (Å²) >= 11 is 0. The van der Waals surface area contributed by atoms with Gasteiger partial charge in [-0.1, -0.05) is 48.5 Å². The van der Waals surface area contributed by atoms with E-state index in [4.69, 9.17) is 5.73 Å². The first-order valence-electron chi connectivity index (χ1n) is 7.62. The van der Waals surface area contributed by atoms with Gasteiger partial charge in [0.25, 0.3) is 5.91 Å². The number of amides is 2. The molecule has 3 rings (SSSR count). The van der Waals surface area contributed by atoms with Gasteiger partial charge < -0.3 is 11.1 Å². The number of nitrogens with two attached hydrogens (primary N) is 1. The van der Waals surface area contributed by atoms with E-state index >= 15 is 0 Å². The van der Waals surface area contributed by atoms with Crippen LogP contribution in [0.5, 0.6) is 0 Å². The Kier molecular flexibility index (Phi) is 4.57. The van der Waals surface area contributed by atoms with E-state index in [1.165, 1.54) is 18.2 Å². The smallest absolute Gasteiger partial charge is 0.258 e. The SMILES string of the molecule is NC(=O)c1cccc(NC(=O)c2ccccc2F)c1-c1ccccc1. The number of benzene rings is 3. The number of anilines is 1. The molecule has 0 aromatic heterocycles. The van der Waals surface area contributed by atoms with E-state index in [0.717, 1.165) is 5.56 Å². The molecule has 3 aromatic rings. The van der Waals surface area contributed by atoms with Crippen molar-refractivity contribution < 1.29 is 14.0 Å². The van der Waals surface area contributed by atoms with Gasteiger partial charge in [0.2, 0.25) is 5.91 Å². The molecule has 5 heteroatoms. The minimum Gasteiger partial charge on any atom is -0.366 e. The van der Waals surface area contributed by atoms with E-state index in [1.807, 2.05) is 18.2 Å². The van der Waals surface area contributed by atoms with Crippen molar-refractivity contribution in [1.82, 2.24) is 0 Å². The van der Waals surface area contributed by atoms with Crippen molar-refractivity contribution in [3.8, 4) is 11.1 Å². The molecule has 0 spiro atoms. The number of halogens is 1. The third-order valence-electron chi connectivity index (χ3n) is 3.76. The first-order valence-corrected chi connectivity index (χ1v) is 7.62. The summed E-state index contributed by atoms with van der Waals surface area (Å²) in [4.78, 5) is 24.2. The fraction of sp³-hybridized carbons (Fsp3) is 0. The summed E-state index contributed by atoms with van der Waals surface area (Å²) in [6.07, 6.45) is 0. The highest BCUT2D eigenvalue weighted by atomic mass is 19.1. The molecule has 25 heavy (non-hydrogen) atoms. The third kappa shape index (κ3) is 3.40. The van der Waals surface area contributed by atoms with Gasteiger partial charge in [-0.3, -0.25) is 9.59 Å². The monoisotopic (exact) mass is 334 g/mol. The van der Waals surface area contributed by atoms with Gasteiger partial charge in [0.05, 0.1) is 5.56 Å². The lowest BCUT2D eigenvalue weighted by molar-refractivity contribution is 0.0996. The largest absolute Gasteiger partial charge is 0.366 e. The van der Waals surface area contributed by atoms with Crippen LogP contribution in [0.4, 0.5) is 10.1 Å². The number of hydrogen-bond donors (Lipinski definition) is 2. The van der Waals surface area contributed by atoms with Crippen molar-refractivity contribution in [2.45, 2.75) is 0 Å². The first-order chi connectivity index (χ1) is 12.1. The number of primary amides is 1. The fourth-order valence-electron chi connectivity index (χ4n) is 2.61. The molecule has 2 amide bonds. The van der Waals surface area contributed by atoms with Crippen molar-refractivity contribution in [3.63, 3.8) is 0 Å². The van der Waals surface area contributed by atoms with Crippen molar-refractivity contribution in [2.75, 3.05) is 5.32 Å². The number of hydrogen-bond acceptors (Lipinski definition) is 2. The fourth-order valence-corrected chi connectivity index (χ4v) is 2.61. The second-order valence-electron chi connectivity index (χ2n) is 5.39. The van der Waals surface area contributed by atoms with Crippen LogP contribution in [0.1, 0.15) is 20.7 Å². The quantitative estimate of drug-likeness (QED) is 0.761. The summed E-state index contributed by atoms with van der Waals surface area (Å²) in [6.45, 7) is 0. The number of rotatable bonds is 4. The number of carbonyl (C=O) groups excluding carboxylic acids is 2. The Bertz CT molecular complexity index is 939. The van der Waals surface area contributed by atoms with Crippen molar-refractivity contribution in [1.29, 1.82) is 0 Å². The third-order valence-corrected chi connectivity index (χ3v) is 3.76. The maximum Gasteiger partial charge on any atom is 0.258 e. The van der Waals surface area contributed by atoms with Crippen LogP contribution in [-0.4, -0.2) is 11.8 Å². The van der Waals surface area contributed by atoms with Gasteiger partial charge in [-0.25, -0.2) is 4.39 Å². The van der Waals surface area contributed by atoms with Gasteiger partial charge in [0.1, 0.15) is 5.82 Å². The second-order valence-corrected chi connectivity index (χ2v) is 5.39. The van der Waals surface area contributed by atoms with Gasteiger partial charge in [0.15, 0.2) is 0 Å². The average Bonchev–Trinajstić information content (AvgIpc) is 2.62. The lowest BCUT2D eigenvalue weighted by atomic mass is 9.97. The lowest BCUT2D eigenvalue weighted by Crippen LogP contribution is -2.17. The molecule has 0 radical (unpaired) electrons. The lowest BCUT2D eigenvalue weighted by Gasteiger charge is -2.15. The van der Waals surface area contributed by atoms with E-state index in [9.17, 15) is 14.0 Å². The Balaban J connectivity index is 2.08. The molecule has 0 aliphatic carbocycles. The molecule has 0 bridgehead atoms. The van der Waals surface area contributed by atoms with Gasteiger partial charge in [-0.2, -0.15) is 0 Å². The van der Waals surface area contributed by atoms with Gasteiger partial charge in [-0.15, -0.1) is 0 Å². The predicted octanol–water partition coefficient (Wildman–Crippen LogP) is 3.84. The van der Waals surface area contributed by atoms with Crippen molar-refractivity contribution >= 4 is 17.5 Å². The molecule has 124 valence electrons. The summed E-state index contributed by atoms with van der Waals surface area (Å²) in [5, 5.41) is 2.67. The molecule has 0 aliphatic heterocycles. The Labute approximate surface area is 144 Å². The zero-order valence-electron chi connectivity index (χ0n) is 13.2. The number of nitrogens with one attached hydrogen (secondary N) is 1. The molecule has 0 aliphatic rings. The van der Waals surface area contributed by atoms with Crippen LogP contribution < -0.4 is 11.1 Å². The molecular weight excluding hydrogens is 319 g/mol. The van der Waals surface area contributed by atoms with Gasteiger partial charge >= 0.3 is 0 Å². The highest BCUT2D eigenvalue weighted by Gasteiger charge is 2.18. The zero-order valence-corrected chi connectivity index (χ0v) is 13.2. The minimum atomic E-state index is -0.618. The molecule has 4 nitrogen and oxygen atoms in total. The van der Waals surface area contributed by atoms with Gasteiger partial charge in [0, 0.05) is 16.8 Å². The summed E-state index contributed by atoms with van der Waals surface area (Å²) in [7, 11) is 0. The van der Waals surface area contributed by atoms with E-state index in [2.05, 4.69) is 5.32 Å². The molecule has 3 N–H and O–H groups in total. The molecule has 0 saturated heterocycles. The van der Waals surface area contributed by atoms with Crippen LogP contribution in [0.15, 0.2) is 72.8 Å². The van der Waals surface area contributed by atoms with Crippen LogP contribution >= 0.6 is 0 Å². The molecule has 0 atom stereocenters. The molecule has 0 saturated carbocycles. The van der Waals surface area contributed by atoms with Crippen LogP contribution in [0.25, 0.3) is 11.1 Å². The molecule has 0 heterocycles. The minimum absolute atomic E-state index is 0.0778. The van der Waals surface area contributed by atoms with E-state index in [0.29, 0.717) is 11.3 Å². The zero-order chi connectivity index (χ0) is 17.8.